The molecule has 0 unspecified atom stereocenters. The molecular weight excluding hydrogens is 225 g/mol. The monoisotopic (exact) mass is 238 g/mol. The Morgan fingerprint density at radius 1 is 1.38 bits per heavy atom. The van der Waals surface area contributed by atoms with Crippen LogP contribution in [0.2, 0.25) is 0 Å². The quantitative estimate of drug-likeness (QED) is 0.827. The summed E-state index contributed by atoms with van der Waals surface area (Å²) in [5.41, 5.74) is 5.27. The second-order valence-electron chi connectivity index (χ2n) is 3.30. The van der Waals surface area contributed by atoms with Gasteiger partial charge in [0.1, 0.15) is 0 Å². The summed E-state index contributed by atoms with van der Waals surface area (Å²) in [5.74, 6) is 0.330. The van der Waals surface area contributed by atoms with Crippen LogP contribution in [-0.2, 0) is 6.42 Å². The molecule has 0 saturated carbocycles. The molecular formula is C8H13F3N4O. The maximum Gasteiger partial charge on any atom is 0.390 e. The zero-order chi connectivity index (χ0) is 12.2. The lowest BCUT2D eigenvalue weighted by molar-refractivity contribution is -0.132. The summed E-state index contributed by atoms with van der Waals surface area (Å²) >= 11 is 0. The van der Waals surface area contributed by atoms with E-state index in [-0.39, 0.29) is 12.6 Å². The summed E-state index contributed by atoms with van der Waals surface area (Å²) < 4.78 is 41.0. The SMILES string of the molecule is CN(CCC(F)(F)F)c1nnc(CCN)o1. The second kappa shape index (κ2) is 5.15. The Labute approximate surface area is 90.4 Å². The van der Waals surface area contributed by atoms with E-state index >= 15 is 0 Å². The number of halogens is 3. The molecule has 1 heterocycles. The fourth-order valence-electron chi connectivity index (χ4n) is 1.01. The van der Waals surface area contributed by atoms with Crippen molar-refractivity contribution in [2.24, 2.45) is 5.73 Å². The molecule has 0 aromatic carbocycles. The minimum absolute atomic E-state index is 0.0766. The Morgan fingerprint density at radius 3 is 2.62 bits per heavy atom. The smallest absolute Gasteiger partial charge is 0.390 e. The molecule has 0 amide bonds. The van der Waals surface area contributed by atoms with Crippen molar-refractivity contribution in [3.05, 3.63) is 5.89 Å². The van der Waals surface area contributed by atoms with Crippen molar-refractivity contribution in [1.29, 1.82) is 0 Å². The van der Waals surface area contributed by atoms with E-state index in [1.54, 1.807) is 0 Å². The molecule has 92 valence electrons. The first-order chi connectivity index (χ1) is 7.42. The lowest BCUT2D eigenvalue weighted by Crippen LogP contribution is -2.24. The van der Waals surface area contributed by atoms with Crippen LogP contribution >= 0.6 is 0 Å². The summed E-state index contributed by atoms with van der Waals surface area (Å²) in [7, 11) is 1.46. The predicted octanol–water partition coefficient (Wildman–Crippen LogP) is 0.959. The van der Waals surface area contributed by atoms with Crippen molar-refractivity contribution in [2.75, 3.05) is 25.0 Å². The van der Waals surface area contributed by atoms with Crippen LogP contribution in [0.25, 0.3) is 0 Å². The average molecular weight is 238 g/mol. The number of aromatic nitrogens is 2. The number of alkyl halides is 3. The maximum atomic E-state index is 11.9. The minimum atomic E-state index is -4.19. The minimum Gasteiger partial charge on any atom is -0.408 e. The molecule has 5 nitrogen and oxygen atoms in total. The van der Waals surface area contributed by atoms with Gasteiger partial charge in [0, 0.05) is 26.6 Å². The third-order valence-corrected chi connectivity index (χ3v) is 1.87. The molecule has 0 atom stereocenters. The molecule has 0 bridgehead atoms. The Bertz CT molecular complexity index is 325. The van der Waals surface area contributed by atoms with Gasteiger partial charge in [-0.05, 0) is 0 Å². The van der Waals surface area contributed by atoms with Crippen LogP contribution in [0.15, 0.2) is 4.42 Å². The van der Waals surface area contributed by atoms with Gasteiger partial charge in [0.2, 0.25) is 5.89 Å². The summed E-state index contributed by atoms with van der Waals surface area (Å²) in [6.45, 7) is 0.141. The molecule has 0 radical (unpaired) electrons. The Morgan fingerprint density at radius 2 is 2.06 bits per heavy atom. The van der Waals surface area contributed by atoms with Crippen molar-refractivity contribution in [3.63, 3.8) is 0 Å². The van der Waals surface area contributed by atoms with Crippen molar-refractivity contribution < 1.29 is 17.6 Å². The standard InChI is InChI=1S/C8H13F3N4O/c1-15(5-3-8(9,10)11)7-14-13-6(16-7)2-4-12/h2-5,12H2,1H3. The van der Waals surface area contributed by atoms with Crippen LogP contribution in [0.4, 0.5) is 19.2 Å². The van der Waals surface area contributed by atoms with Crippen LogP contribution in [-0.4, -0.2) is 36.5 Å². The number of hydrogen-bond donors (Lipinski definition) is 1. The topological polar surface area (TPSA) is 68.2 Å². The van der Waals surface area contributed by atoms with Crippen LogP contribution in [0.5, 0.6) is 0 Å². The van der Waals surface area contributed by atoms with E-state index < -0.39 is 12.6 Å². The Balaban J connectivity index is 2.49. The van der Waals surface area contributed by atoms with Gasteiger partial charge in [-0.3, -0.25) is 0 Å². The van der Waals surface area contributed by atoms with Gasteiger partial charge >= 0.3 is 12.2 Å². The number of hydrogen-bond acceptors (Lipinski definition) is 5. The molecule has 0 spiro atoms. The van der Waals surface area contributed by atoms with Gasteiger partial charge in [0.25, 0.3) is 0 Å². The first-order valence-corrected chi connectivity index (χ1v) is 4.72. The largest absolute Gasteiger partial charge is 0.408 e. The van der Waals surface area contributed by atoms with E-state index in [0.717, 1.165) is 0 Å². The zero-order valence-electron chi connectivity index (χ0n) is 8.79. The van der Waals surface area contributed by atoms with Crippen molar-refractivity contribution in [2.45, 2.75) is 19.0 Å². The van der Waals surface area contributed by atoms with Crippen LogP contribution in [0.3, 0.4) is 0 Å². The summed E-state index contributed by atoms with van der Waals surface area (Å²) in [4.78, 5) is 1.26. The molecule has 0 aliphatic heterocycles. The Hall–Kier alpha value is -1.31. The molecule has 8 heteroatoms. The molecule has 2 N–H and O–H groups in total. The molecule has 0 fully saturated rings. The lowest BCUT2D eigenvalue weighted by Gasteiger charge is -2.14. The van der Waals surface area contributed by atoms with Crippen molar-refractivity contribution in [3.8, 4) is 0 Å². The summed E-state index contributed by atoms with van der Waals surface area (Å²) in [5, 5.41) is 7.27. The van der Waals surface area contributed by atoms with E-state index in [0.29, 0.717) is 18.9 Å². The van der Waals surface area contributed by atoms with E-state index in [1.165, 1.54) is 11.9 Å². The van der Waals surface area contributed by atoms with E-state index in [4.69, 9.17) is 10.2 Å². The predicted molar refractivity (Wildman–Crippen MR) is 51.0 cm³/mol. The molecule has 0 aliphatic rings. The Kier molecular flexibility index (Phi) is 4.11. The lowest BCUT2D eigenvalue weighted by atomic mass is 10.4. The molecule has 0 saturated heterocycles. The van der Waals surface area contributed by atoms with Gasteiger partial charge < -0.3 is 15.1 Å². The van der Waals surface area contributed by atoms with Crippen molar-refractivity contribution in [1.82, 2.24) is 10.2 Å². The first kappa shape index (κ1) is 12.8. The van der Waals surface area contributed by atoms with Gasteiger partial charge in [-0.25, -0.2) is 0 Å². The third kappa shape index (κ3) is 4.05. The summed E-state index contributed by atoms with van der Waals surface area (Å²) in [6, 6.07) is 0.0766. The fourth-order valence-corrected chi connectivity index (χ4v) is 1.01. The molecule has 16 heavy (non-hydrogen) atoms. The highest BCUT2D eigenvalue weighted by atomic mass is 19.4. The average Bonchev–Trinajstić information content (AvgIpc) is 2.62. The molecule has 0 aliphatic carbocycles. The molecule has 1 aromatic heterocycles. The number of nitrogens with two attached hydrogens (primary N) is 1. The fraction of sp³-hybridized carbons (Fsp3) is 0.750. The van der Waals surface area contributed by atoms with E-state index in [9.17, 15) is 13.2 Å². The number of anilines is 1. The summed E-state index contributed by atoms with van der Waals surface area (Å²) in [6.07, 6.45) is -4.69. The van der Waals surface area contributed by atoms with Gasteiger partial charge in [-0.2, -0.15) is 13.2 Å². The van der Waals surface area contributed by atoms with Gasteiger partial charge in [-0.15, -0.1) is 5.10 Å². The van der Waals surface area contributed by atoms with Crippen LogP contribution in [0.1, 0.15) is 12.3 Å². The van der Waals surface area contributed by atoms with Crippen LogP contribution < -0.4 is 10.6 Å². The molecule has 1 rings (SSSR count). The number of nitrogens with zero attached hydrogens (tertiary/aromatic N) is 3. The van der Waals surface area contributed by atoms with E-state index in [2.05, 4.69) is 10.2 Å². The highest BCUT2D eigenvalue weighted by Crippen LogP contribution is 2.21. The maximum absolute atomic E-state index is 11.9. The van der Waals surface area contributed by atoms with E-state index in [1.807, 2.05) is 0 Å². The normalized spacial score (nSPS) is 11.8. The highest BCUT2D eigenvalue weighted by molar-refractivity contribution is 5.21. The zero-order valence-corrected chi connectivity index (χ0v) is 8.79. The second-order valence-corrected chi connectivity index (χ2v) is 3.30. The van der Waals surface area contributed by atoms with Gasteiger partial charge in [-0.1, -0.05) is 5.10 Å². The van der Waals surface area contributed by atoms with Crippen LogP contribution in [0, 0.1) is 0 Å². The van der Waals surface area contributed by atoms with Crippen molar-refractivity contribution >= 4 is 6.01 Å². The highest BCUT2D eigenvalue weighted by Gasteiger charge is 2.28. The molecule has 1 aromatic rings. The first-order valence-electron chi connectivity index (χ1n) is 4.72. The third-order valence-electron chi connectivity index (χ3n) is 1.87. The number of rotatable bonds is 5. The van der Waals surface area contributed by atoms with Gasteiger partial charge in [0.15, 0.2) is 0 Å². The van der Waals surface area contributed by atoms with Gasteiger partial charge in [0.05, 0.1) is 6.42 Å².